The molecule has 0 atom stereocenters. The molecule has 0 radical (unpaired) electrons. The highest BCUT2D eigenvalue weighted by Crippen LogP contribution is 2.25. The predicted molar refractivity (Wildman–Crippen MR) is 99.5 cm³/mol. The maximum Gasteiger partial charge on any atom is 0.0405 e. The largest absolute Gasteiger partial charge is 0.345 e. The monoisotopic (exact) mass is 299 g/mol. The Morgan fingerprint density at radius 3 is 2.64 bits per heavy atom. The van der Waals surface area contributed by atoms with Crippen LogP contribution in [0.5, 0.6) is 0 Å². The summed E-state index contributed by atoms with van der Waals surface area (Å²) in [7, 11) is 2.16. The minimum Gasteiger partial charge on any atom is -0.345 e. The number of rotatable bonds is 7. The third-order valence-electron chi connectivity index (χ3n) is 3.79. The Morgan fingerprint density at radius 2 is 2.00 bits per heavy atom. The Kier molecular flexibility index (Phi) is 7.44. The van der Waals surface area contributed by atoms with Crippen molar-refractivity contribution < 1.29 is 0 Å². The Balaban J connectivity index is 2.96. The number of allylic oxidation sites excluding steroid dienone is 8. The van der Waals surface area contributed by atoms with Gasteiger partial charge in [-0.05, 0) is 37.0 Å². The van der Waals surface area contributed by atoms with Crippen LogP contribution in [0, 0.1) is 11.3 Å². The van der Waals surface area contributed by atoms with E-state index in [-0.39, 0.29) is 5.41 Å². The van der Waals surface area contributed by atoms with Gasteiger partial charge in [0.1, 0.15) is 0 Å². The highest BCUT2D eigenvalue weighted by Gasteiger charge is 2.13. The molecular formula is C21H33N. The molecule has 0 heterocycles. The van der Waals surface area contributed by atoms with Crippen molar-refractivity contribution in [2.75, 3.05) is 7.05 Å². The van der Waals surface area contributed by atoms with E-state index in [2.05, 4.69) is 95.2 Å². The first-order valence-corrected chi connectivity index (χ1v) is 8.55. The van der Waals surface area contributed by atoms with Gasteiger partial charge in [-0.2, -0.15) is 0 Å². The summed E-state index contributed by atoms with van der Waals surface area (Å²) < 4.78 is 0. The standard InChI is InChI=1S/C21H33N/c1-7-8-9-11-19(14-13-18(2)3)22(6)20-12-10-16-21(4,5)17-15-20/h9-12,14-18H,7-8,13H2,1-6H3/b11-9-,19-14+. The summed E-state index contributed by atoms with van der Waals surface area (Å²) in [6.45, 7) is 11.2. The van der Waals surface area contributed by atoms with E-state index in [0.29, 0.717) is 5.92 Å². The Hall–Kier alpha value is -1.50. The molecule has 122 valence electrons. The highest BCUT2D eigenvalue weighted by molar-refractivity contribution is 5.34. The molecule has 0 aromatic carbocycles. The summed E-state index contributed by atoms with van der Waals surface area (Å²) in [5, 5.41) is 0. The van der Waals surface area contributed by atoms with E-state index in [1.807, 2.05) is 0 Å². The average molecular weight is 300 g/mol. The normalized spacial score (nSPS) is 18.0. The Labute approximate surface area is 137 Å². The van der Waals surface area contributed by atoms with E-state index in [1.54, 1.807) is 0 Å². The lowest BCUT2D eigenvalue weighted by Gasteiger charge is -2.22. The van der Waals surface area contributed by atoms with E-state index >= 15 is 0 Å². The van der Waals surface area contributed by atoms with E-state index in [1.165, 1.54) is 17.8 Å². The number of likely N-dealkylation sites (N-methyl/N-ethyl adjacent to an activating group) is 1. The zero-order valence-corrected chi connectivity index (χ0v) is 15.3. The van der Waals surface area contributed by atoms with Crippen LogP contribution in [0.1, 0.15) is 53.9 Å². The minimum absolute atomic E-state index is 0.124. The Bertz CT molecular complexity index is 484. The van der Waals surface area contributed by atoms with Gasteiger partial charge in [0.2, 0.25) is 0 Å². The van der Waals surface area contributed by atoms with E-state index in [9.17, 15) is 0 Å². The summed E-state index contributed by atoms with van der Waals surface area (Å²) in [6, 6.07) is 0. The fourth-order valence-electron chi connectivity index (χ4n) is 2.22. The fraction of sp³-hybridized carbons (Fsp3) is 0.524. The first kappa shape index (κ1) is 18.5. The van der Waals surface area contributed by atoms with Gasteiger partial charge in [0.15, 0.2) is 0 Å². The number of hydrogen-bond acceptors (Lipinski definition) is 1. The van der Waals surface area contributed by atoms with Crippen LogP contribution in [0.3, 0.4) is 0 Å². The average Bonchev–Trinajstić information content (AvgIpc) is 2.62. The third kappa shape index (κ3) is 6.51. The molecule has 0 spiro atoms. The second kappa shape index (κ2) is 8.82. The summed E-state index contributed by atoms with van der Waals surface area (Å²) in [6.07, 6.45) is 21.4. The summed E-state index contributed by atoms with van der Waals surface area (Å²) >= 11 is 0. The van der Waals surface area contributed by atoms with Crippen LogP contribution in [0.2, 0.25) is 0 Å². The van der Waals surface area contributed by atoms with Crippen molar-refractivity contribution >= 4 is 0 Å². The van der Waals surface area contributed by atoms with Gasteiger partial charge >= 0.3 is 0 Å². The van der Waals surface area contributed by atoms with Gasteiger partial charge in [-0.25, -0.2) is 0 Å². The molecule has 0 amide bonds. The molecule has 1 aliphatic rings. The van der Waals surface area contributed by atoms with Gasteiger partial charge < -0.3 is 4.90 Å². The van der Waals surface area contributed by atoms with Gasteiger partial charge in [-0.1, -0.05) is 71.4 Å². The molecule has 0 saturated heterocycles. The van der Waals surface area contributed by atoms with Gasteiger partial charge in [-0.15, -0.1) is 0 Å². The lowest BCUT2D eigenvalue weighted by atomic mass is 9.93. The maximum atomic E-state index is 2.35. The van der Waals surface area contributed by atoms with Crippen LogP contribution in [0.15, 0.2) is 60.0 Å². The van der Waals surface area contributed by atoms with Crippen molar-refractivity contribution in [3.8, 4) is 0 Å². The fourth-order valence-corrected chi connectivity index (χ4v) is 2.22. The topological polar surface area (TPSA) is 3.24 Å². The van der Waals surface area contributed by atoms with Crippen LogP contribution < -0.4 is 0 Å². The quantitative estimate of drug-likeness (QED) is 0.503. The first-order valence-electron chi connectivity index (χ1n) is 8.55. The minimum atomic E-state index is 0.124. The smallest absolute Gasteiger partial charge is 0.0405 e. The molecule has 1 aliphatic carbocycles. The third-order valence-corrected chi connectivity index (χ3v) is 3.79. The van der Waals surface area contributed by atoms with E-state index in [4.69, 9.17) is 0 Å². The summed E-state index contributed by atoms with van der Waals surface area (Å²) in [4.78, 5) is 2.29. The van der Waals surface area contributed by atoms with Gasteiger partial charge in [0.05, 0.1) is 0 Å². The molecule has 0 fully saturated rings. The molecule has 1 nitrogen and oxygen atoms in total. The van der Waals surface area contributed by atoms with Gasteiger partial charge in [0.25, 0.3) is 0 Å². The zero-order chi connectivity index (χ0) is 16.6. The number of unbranched alkanes of at least 4 members (excludes halogenated alkanes) is 1. The predicted octanol–water partition coefficient (Wildman–Crippen LogP) is 6.24. The van der Waals surface area contributed by atoms with Crippen LogP contribution in [-0.4, -0.2) is 11.9 Å². The Morgan fingerprint density at radius 1 is 1.27 bits per heavy atom. The highest BCUT2D eigenvalue weighted by atomic mass is 15.1. The van der Waals surface area contributed by atoms with Crippen molar-refractivity contribution in [2.45, 2.75) is 53.9 Å². The van der Waals surface area contributed by atoms with Crippen molar-refractivity contribution in [3.63, 3.8) is 0 Å². The molecule has 1 rings (SSSR count). The number of nitrogens with zero attached hydrogens (tertiary/aromatic N) is 1. The molecule has 22 heavy (non-hydrogen) atoms. The second-order valence-electron chi connectivity index (χ2n) is 7.11. The van der Waals surface area contributed by atoms with Crippen molar-refractivity contribution in [2.24, 2.45) is 11.3 Å². The lowest BCUT2D eigenvalue weighted by molar-refractivity contribution is 0.541. The molecule has 0 aromatic heterocycles. The first-order chi connectivity index (χ1) is 10.4. The van der Waals surface area contributed by atoms with E-state index in [0.717, 1.165) is 12.8 Å². The molecule has 1 heteroatoms. The number of hydrogen-bond donors (Lipinski definition) is 0. The van der Waals surface area contributed by atoms with Gasteiger partial charge in [-0.3, -0.25) is 0 Å². The van der Waals surface area contributed by atoms with Crippen LogP contribution in [-0.2, 0) is 0 Å². The van der Waals surface area contributed by atoms with Gasteiger partial charge in [0, 0.05) is 23.9 Å². The zero-order valence-electron chi connectivity index (χ0n) is 15.3. The molecule has 0 aliphatic heterocycles. The summed E-state index contributed by atoms with van der Waals surface area (Å²) in [5.74, 6) is 0.681. The van der Waals surface area contributed by atoms with Crippen LogP contribution in [0.4, 0.5) is 0 Å². The lowest BCUT2D eigenvalue weighted by Crippen LogP contribution is -2.15. The molecular weight excluding hydrogens is 266 g/mol. The van der Waals surface area contributed by atoms with Crippen molar-refractivity contribution in [1.29, 1.82) is 0 Å². The maximum absolute atomic E-state index is 2.35. The second-order valence-corrected chi connectivity index (χ2v) is 7.11. The SMILES string of the molecule is CCC/C=C\C(=C/CC(C)C)N(C)C1=CC=CC(C)(C)C=C1. The molecule has 0 saturated carbocycles. The van der Waals surface area contributed by atoms with Crippen LogP contribution in [0.25, 0.3) is 0 Å². The van der Waals surface area contributed by atoms with E-state index < -0.39 is 0 Å². The van der Waals surface area contributed by atoms with Crippen LogP contribution >= 0.6 is 0 Å². The van der Waals surface area contributed by atoms with Crippen molar-refractivity contribution in [1.82, 2.24) is 4.90 Å². The molecule has 0 unspecified atom stereocenters. The summed E-state index contributed by atoms with van der Waals surface area (Å²) in [5.41, 5.74) is 2.64. The molecule has 0 aromatic rings. The molecule has 0 bridgehead atoms. The van der Waals surface area contributed by atoms with Crippen molar-refractivity contribution in [3.05, 3.63) is 60.0 Å². The molecule has 0 N–H and O–H groups in total.